The summed E-state index contributed by atoms with van der Waals surface area (Å²) in [5.74, 6) is -9.45. The lowest BCUT2D eigenvalue weighted by Crippen LogP contribution is -2.57. The SMILES string of the molecule is NC(=O)[C@H](CCCCNC(=O)[C@H](CCCCNC(=O)[C@H](Cc1ccc(O)cc1)NC(=O)CCS[C@H]1O[C@H](CO)[C@@H](O)[C@H](O)[C@@H]1O)NC(=O)[C@H](Cc1ccc(O)cc1)NC(=O)CCS[C@@H]1O[C@@H](CO)[C@H](O)[C@@H](O)[C@H]1O)NC(=O)[C@H](CCCCNC(=O)[C@H](Cc1ccc(O)cc1)NC(=O)CCS[C@H]1O[C@H](CO)[C@@H](O)[C@H](O)[C@@H]1O)NC(=O)[C@H](Cc1ccc(O)cc1)NC(=O)CCS[C@@H]1O[C@@H](CO)[C@H](O)[C@@H](O)[C@H]1O. The molecular formula is C90H131N11O35S4. The lowest BCUT2D eigenvalue weighted by atomic mass is 10.0. The molecule has 780 valence electrons. The molecule has 50 heteroatoms. The highest BCUT2D eigenvalue weighted by Crippen LogP contribution is 2.34. The third kappa shape index (κ3) is 36.9. The van der Waals surface area contributed by atoms with Crippen LogP contribution in [0.2, 0.25) is 0 Å². The van der Waals surface area contributed by atoms with Gasteiger partial charge in [0.05, 0.1) is 26.4 Å². The van der Waals surface area contributed by atoms with Crippen molar-refractivity contribution in [3.05, 3.63) is 119 Å². The van der Waals surface area contributed by atoms with Crippen molar-refractivity contribution in [3.8, 4) is 23.0 Å². The second-order valence-corrected chi connectivity index (χ2v) is 39.0. The van der Waals surface area contributed by atoms with Gasteiger partial charge in [-0.15, -0.1) is 47.0 Å². The Hall–Kier alpha value is -9.15. The van der Waals surface area contributed by atoms with Gasteiger partial charge in [-0.1, -0.05) is 48.5 Å². The molecule has 4 aliphatic heterocycles. The summed E-state index contributed by atoms with van der Waals surface area (Å²) in [4.78, 5) is 155. The van der Waals surface area contributed by atoms with Crippen LogP contribution in [0.1, 0.15) is 106 Å². The highest BCUT2D eigenvalue weighted by molar-refractivity contribution is 8.00. The van der Waals surface area contributed by atoms with E-state index in [1.807, 2.05) is 0 Å². The number of ether oxygens (including phenoxy) is 4. The van der Waals surface area contributed by atoms with Crippen LogP contribution in [-0.4, -0.2) is 398 Å². The number of phenols is 4. The van der Waals surface area contributed by atoms with Gasteiger partial charge in [0.15, 0.2) is 0 Å². The lowest BCUT2D eigenvalue weighted by Gasteiger charge is -2.39. The van der Waals surface area contributed by atoms with Crippen LogP contribution in [0.25, 0.3) is 0 Å². The number of hydrogen-bond donors (Lipinski definition) is 31. The standard InChI is InChI=1S/C90H131N11O35S4/c91-80(126)53(99-84(130)55(101-86(132)59(40-48-16-24-52(109)25-17-48)98-67(113)29-36-140-90-79(125)75(121)71(117)63(44-105)136-90)9-3-6-32-94-83(129)57(38-46-12-20-50(107)21-13-46)96-65(111)27-34-138-88-77(123)73(119)69(115)61(42-103)134-88)7-1-4-30-92-81(127)54(100-85(131)58(39-47-14-22-51(108)23-15-47)97-66(112)28-35-139-89-78(124)74(120)70(116)62(43-104)135-89)8-2-5-31-93-82(128)56(37-45-10-18-49(106)19-11-45)95-64(110)26-33-137-87-76(122)72(118)68(114)60(41-102)133-87/h10-25,53-63,68-79,87-90,102-109,114-125H,1-9,26-44H2,(H2,91,126)(H,92,127)(H,93,128)(H,94,129)(H,95,110)(H,96,111)(H,97,112)(H,98,113)(H,99,130)(H,100,131)(H,101,132)/t53-,54-,55-,56-,57-,58-,59-,60+,61+,62-,63-,68+,69+,70-,71-,72-,73-,74+,75+,76-,77-,78+,79+,87+,88+,89-,90-/m0/s1. The number of nitrogens with one attached hydrogen (secondary N) is 10. The second-order valence-electron chi connectivity index (χ2n) is 34.2. The minimum Gasteiger partial charge on any atom is -0.508 e. The number of phenolic OH excluding ortho intramolecular Hbond substituents is 4. The maximum absolute atomic E-state index is 14.8. The van der Waals surface area contributed by atoms with Crippen molar-refractivity contribution in [3.63, 3.8) is 0 Å². The van der Waals surface area contributed by atoms with Gasteiger partial charge in [-0.05, 0) is 129 Å². The molecule has 11 amide bonds. The number of nitrogens with two attached hydrogens (primary N) is 1. The van der Waals surface area contributed by atoms with E-state index >= 15 is 0 Å². The van der Waals surface area contributed by atoms with Gasteiger partial charge in [0.2, 0.25) is 65.0 Å². The summed E-state index contributed by atoms with van der Waals surface area (Å²) in [7, 11) is 0. The van der Waals surface area contributed by atoms with Gasteiger partial charge in [0, 0.05) is 94.0 Å². The summed E-state index contributed by atoms with van der Waals surface area (Å²) in [5.41, 5.74) is 3.10. The molecule has 46 nitrogen and oxygen atoms in total. The van der Waals surface area contributed by atoms with Crippen molar-refractivity contribution in [1.29, 1.82) is 0 Å². The van der Waals surface area contributed by atoms with Crippen LogP contribution in [0.4, 0.5) is 0 Å². The van der Waals surface area contributed by atoms with E-state index in [0.717, 1.165) is 47.0 Å². The normalized spacial score (nSPS) is 26.1. The first-order valence-electron chi connectivity index (χ1n) is 45.8. The Labute approximate surface area is 822 Å². The zero-order chi connectivity index (χ0) is 102. The first-order chi connectivity index (χ1) is 66.8. The molecule has 4 aromatic carbocycles. The molecule has 32 N–H and O–H groups in total. The van der Waals surface area contributed by atoms with Crippen LogP contribution in [0, 0.1) is 0 Å². The number of aliphatic hydroxyl groups excluding tert-OH is 16. The zero-order valence-electron chi connectivity index (χ0n) is 76.4. The van der Waals surface area contributed by atoms with Crippen LogP contribution < -0.4 is 58.9 Å². The second kappa shape index (κ2) is 59.2. The van der Waals surface area contributed by atoms with E-state index in [4.69, 9.17) is 24.7 Å². The summed E-state index contributed by atoms with van der Waals surface area (Å²) in [6, 6.07) is 12.9. The summed E-state index contributed by atoms with van der Waals surface area (Å²) in [5, 5.41) is 231. The fraction of sp³-hybridized carbons (Fsp3) is 0.611. The number of carbonyl (C=O) groups is 11. The number of hydrogen-bond acceptors (Lipinski definition) is 39. The topological polar surface area (TPSA) is 776 Å². The quantitative estimate of drug-likeness (QED) is 0.0183. The Kier molecular flexibility index (Phi) is 49.1. The fourth-order valence-electron chi connectivity index (χ4n) is 15.3. The smallest absolute Gasteiger partial charge is 0.243 e. The molecule has 0 unspecified atom stereocenters. The number of unbranched alkanes of at least 4 members (excludes halogenated alkanes) is 3. The summed E-state index contributed by atoms with van der Waals surface area (Å²) >= 11 is 3.55. The highest BCUT2D eigenvalue weighted by atomic mass is 32.2. The molecule has 0 saturated carbocycles. The molecule has 140 heavy (non-hydrogen) atoms. The largest absolute Gasteiger partial charge is 0.508 e. The minimum absolute atomic E-state index is 0.0187. The average molecular weight is 2060 g/mol. The monoisotopic (exact) mass is 2050 g/mol. The number of rotatable bonds is 57. The first-order valence-corrected chi connectivity index (χ1v) is 50.0. The third-order valence-electron chi connectivity index (χ3n) is 23.5. The van der Waals surface area contributed by atoms with E-state index in [2.05, 4.69) is 53.2 Å². The van der Waals surface area contributed by atoms with E-state index in [0.29, 0.717) is 22.3 Å². The molecule has 27 atom stereocenters. The lowest BCUT2D eigenvalue weighted by molar-refractivity contribution is -0.205. The zero-order valence-corrected chi connectivity index (χ0v) is 79.7. The van der Waals surface area contributed by atoms with E-state index in [-0.39, 0.29) is 175 Å². The molecule has 4 fully saturated rings. The van der Waals surface area contributed by atoms with Gasteiger partial charge in [-0.2, -0.15) is 0 Å². The number of thioether (sulfide) groups is 4. The van der Waals surface area contributed by atoms with Gasteiger partial charge in [0.1, 0.15) is 185 Å². The average Bonchev–Trinajstić information content (AvgIpc) is 0.559. The summed E-state index contributed by atoms with van der Waals surface area (Å²) in [6.07, 6.45) is -26.7. The Morgan fingerprint density at radius 1 is 0.271 bits per heavy atom. The van der Waals surface area contributed by atoms with Gasteiger partial charge < -0.3 is 180 Å². The molecule has 4 heterocycles. The fourth-order valence-corrected chi connectivity index (χ4v) is 19.8. The van der Waals surface area contributed by atoms with Crippen LogP contribution >= 0.6 is 47.0 Å². The molecule has 8 rings (SSSR count). The molecule has 4 aromatic rings. The van der Waals surface area contributed by atoms with E-state index < -0.39 is 253 Å². The number of benzene rings is 4. The number of amides is 11. The van der Waals surface area contributed by atoms with Crippen molar-refractivity contribution < 1.29 is 174 Å². The molecule has 0 aliphatic carbocycles. The van der Waals surface area contributed by atoms with E-state index in [9.17, 15) is 155 Å². The minimum atomic E-state index is -1.72. The molecule has 0 aromatic heterocycles. The predicted octanol–water partition coefficient (Wildman–Crippen LogP) is -7.79. The predicted molar refractivity (Wildman–Crippen MR) is 504 cm³/mol. The van der Waals surface area contributed by atoms with Gasteiger partial charge in [0.25, 0.3) is 0 Å². The summed E-state index contributed by atoms with van der Waals surface area (Å²) < 4.78 is 22.2. The Morgan fingerprint density at radius 3 is 0.714 bits per heavy atom. The van der Waals surface area contributed by atoms with E-state index in [1.54, 1.807) is 0 Å². The molecule has 4 aliphatic rings. The molecular weight excluding hydrogens is 1920 g/mol. The maximum Gasteiger partial charge on any atom is 0.243 e. The maximum atomic E-state index is 14.8. The Bertz CT molecular complexity index is 4560. The van der Waals surface area contributed by atoms with Crippen molar-refractivity contribution >= 4 is 112 Å². The highest BCUT2D eigenvalue weighted by Gasteiger charge is 2.48. The van der Waals surface area contributed by atoms with Crippen molar-refractivity contribution in [2.45, 2.75) is 271 Å². The van der Waals surface area contributed by atoms with Crippen LogP contribution in [-0.2, 0) is 97.4 Å². The van der Waals surface area contributed by atoms with Crippen LogP contribution in [0.3, 0.4) is 0 Å². The van der Waals surface area contributed by atoms with Crippen LogP contribution in [0.5, 0.6) is 23.0 Å². The Morgan fingerprint density at radius 2 is 0.479 bits per heavy atom. The number of aromatic hydroxyl groups is 4. The molecule has 0 bridgehead atoms. The van der Waals surface area contributed by atoms with Gasteiger partial charge in [-0.3, -0.25) is 52.7 Å². The summed E-state index contributed by atoms with van der Waals surface area (Å²) in [6.45, 7) is -3.17. The van der Waals surface area contributed by atoms with Crippen molar-refractivity contribution in [1.82, 2.24) is 53.2 Å². The molecule has 4 saturated heterocycles. The molecule has 0 spiro atoms. The number of primary amides is 1. The van der Waals surface area contributed by atoms with E-state index in [1.165, 1.54) is 97.1 Å². The number of aliphatic hydroxyl groups is 16. The first kappa shape index (κ1) is 116. The van der Waals surface area contributed by atoms with Crippen molar-refractivity contribution in [2.75, 3.05) is 69.1 Å². The van der Waals surface area contributed by atoms with Gasteiger partial charge in [-0.25, -0.2) is 0 Å². The number of carbonyl (C=O) groups excluding carboxylic acids is 11. The van der Waals surface area contributed by atoms with Crippen LogP contribution in [0.15, 0.2) is 97.1 Å². The Balaban J connectivity index is 0.963. The molecule has 0 radical (unpaired) electrons. The van der Waals surface area contributed by atoms with Crippen molar-refractivity contribution in [2.24, 2.45) is 5.73 Å². The third-order valence-corrected chi connectivity index (χ3v) is 28.2. The van der Waals surface area contributed by atoms with Gasteiger partial charge >= 0.3 is 0 Å².